The van der Waals surface area contributed by atoms with Gasteiger partial charge in [-0.15, -0.1) is 12.4 Å². The van der Waals surface area contributed by atoms with Gasteiger partial charge in [0.05, 0.1) is 6.04 Å². The molecule has 4 heteroatoms. The number of nitrogens with two attached hydrogens (primary N) is 1. The van der Waals surface area contributed by atoms with Gasteiger partial charge in [-0.25, -0.2) is 8.78 Å². The molecule has 0 heterocycles. The van der Waals surface area contributed by atoms with Crippen LogP contribution in [0, 0.1) is 0 Å². The van der Waals surface area contributed by atoms with Crippen molar-refractivity contribution in [3.8, 4) is 0 Å². The summed E-state index contributed by atoms with van der Waals surface area (Å²) < 4.78 is 25.8. The molecule has 0 unspecified atom stereocenters. The highest BCUT2D eigenvalue weighted by Gasteiger charge is 2.20. The minimum atomic E-state index is -2.57. The highest BCUT2D eigenvalue weighted by Crippen LogP contribution is 2.32. The van der Waals surface area contributed by atoms with Gasteiger partial charge in [-0.1, -0.05) is 48.5 Å². The number of alkyl halides is 2. The largest absolute Gasteiger partial charge is 0.319 e. The molecule has 0 bridgehead atoms. The summed E-state index contributed by atoms with van der Waals surface area (Å²) in [6.07, 6.45) is -2.57. The van der Waals surface area contributed by atoms with Gasteiger partial charge >= 0.3 is 0 Å². The summed E-state index contributed by atoms with van der Waals surface area (Å²) in [7, 11) is 0. The molecule has 20 heavy (non-hydrogen) atoms. The number of fused-ring (bicyclic) bond motifs is 3. The van der Waals surface area contributed by atoms with Crippen molar-refractivity contribution >= 4 is 34.0 Å². The van der Waals surface area contributed by atoms with Crippen LogP contribution in [-0.4, -0.2) is 6.43 Å². The van der Waals surface area contributed by atoms with Gasteiger partial charge in [0.15, 0.2) is 0 Å². The molecule has 3 aromatic carbocycles. The van der Waals surface area contributed by atoms with Crippen molar-refractivity contribution in [3.63, 3.8) is 0 Å². The monoisotopic (exact) mass is 293 g/mol. The average molecular weight is 294 g/mol. The molecule has 3 rings (SSSR count). The van der Waals surface area contributed by atoms with E-state index < -0.39 is 12.5 Å². The molecule has 0 aliphatic heterocycles. The van der Waals surface area contributed by atoms with Crippen LogP contribution in [0.3, 0.4) is 0 Å². The normalized spacial score (nSPS) is 12.6. The van der Waals surface area contributed by atoms with Crippen LogP contribution < -0.4 is 5.73 Å². The van der Waals surface area contributed by atoms with Crippen molar-refractivity contribution in [2.45, 2.75) is 12.5 Å². The van der Waals surface area contributed by atoms with E-state index in [0.29, 0.717) is 5.56 Å². The Morgan fingerprint density at radius 3 is 2.00 bits per heavy atom. The van der Waals surface area contributed by atoms with Crippen LogP contribution in [0.25, 0.3) is 21.5 Å². The number of hydrogen-bond donors (Lipinski definition) is 1. The second-order valence-electron chi connectivity index (χ2n) is 4.59. The van der Waals surface area contributed by atoms with E-state index >= 15 is 0 Å². The molecular formula is C16H14ClF2N. The number of hydrogen-bond acceptors (Lipinski definition) is 1. The topological polar surface area (TPSA) is 26.0 Å². The van der Waals surface area contributed by atoms with Gasteiger partial charge in [0.2, 0.25) is 0 Å². The first-order valence-corrected chi connectivity index (χ1v) is 6.12. The molecule has 1 nitrogen and oxygen atoms in total. The first kappa shape index (κ1) is 14.7. The molecule has 2 N–H and O–H groups in total. The molecule has 0 aromatic heterocycles. The molecule has 0 saturated carbocycles. The van der Waals surface area contributed by atoms with Crippen LogP contribution in [0.15, 0.2) is 54.6 Å². The SMILES string of the molecule is Cl.N[C@@H](c1cc2ccccc2c2ccccc12)C(F)F. The molecule has 0 fully saturated rings. The summed E-state index contributed by atoms with van der Waals surface area (Å²) in [6.45, 7) is 0. The zero-order valence-electron chi connectivity index (χ0n) is 10.6. The lowest BCUT2D eigenvalue weighted by Crippen LogP contribution is -2.19. The van der Waals surface area contributed by atoms with Crippen molar-refractivity contribution in [2.24, 2.45) is 5.73 Å². The zero-order valence-corrected chi connectivity index (χ0v) is 11.4. The van der Waals surface area contributed by atoms with E-state index in [0.717, 1.165) is 21.5 Å². The molecule has 0 radical (unpaired) electrons. The lowest BCUT2D eigenvalue weighted by molar-refractivity contribution is 0.117. The zero-order chi connectivity index (χ0) is 13.4. The Labute approximate surface area is 121 Å². The van der Waals surface area contributed by atoms with Crippen LogP contribution in [-0.2, 0) is 0 Å². The maximum absolute atomic E-state index is 12.9. The molecule has 0 aliphatic carbocycles. The summed E-state index contributed by atoms with van der Waals surface area (Å²) in [5.74, 6) is 0. The number of rotatable bonds is 2. The summed E-state index contributed by atoms with van der Waals surface area (Å²) in [6, 6.07) is 15.8. The Morgan fingerprint density at radius 2 is 1.35 bits per heavy atom. The van der Waals surface area contributed by atoms with Crippen LogP contribution in [0.4, 0.5) is 8.78 Å². The van der Waals surface area contributed by atoms with Gasteiger partial charge in [0, 0.05) is 0 Å². The third-order valence-electron chi connectivity index (χ3n) is 3.43. The van der Waals surface area contributed by atoms with Crippen molar-refractivity contribution in [2.75, 3.05) is 0 Å². The fraction of sp³-hybridized carbons (Fsp3) is 0.125. The average Bonchev–Trinajstić information content (AvgIpc) is 2.45. The van der Waals surface area contributed by atoms with Gasteiger partial charge < -0.3 is 5.73 Å². The predicted molar refractivity (Wildman–Crippen MR) is 81.6 cm³/mol. The van der Waals surface area contributed by atoms with E-state index in [2.05, 4.69) is 0 Å². The summed E-state index contributed by atoms with van der Waals surface area (Å²) >= 11 is 0. The maximum Gasteiger partial charge on any atom is 0.257 e. The Balaban J connectivity index is 0.00000147. The highest BCUT2D eigenvalue weighted by molar-refractivity contribution is 6.09. The lowest BCUT2D eigenvalue weighted by atomic mass is 9.94. The van der Waals surface area contributed by atoms with Crippen molar-refractivity contribution in [3.05, 3.63) is 60.2 Å². The van der Waals surface area contributed by atoms with Gasteiger partial charge in [-0.2, -0.15) is 0 Å². The molecule has 3 aromatic rings. The van der Waals surface area contributed by atoms with E-state index in [1.807, 2.05) is 48.5 Å². The smallest absolute Gasteiger partial charge is 0.257 e. The van der Waals surface area contributed by atoms with E-state index in [1.165, 1.54) is 0 Å². The summed E-state index contributed by atoms with van der Waals surface area (Å²) in [5, 5.41) is 3.76. The molecule has 104 valence electrons. The fourth-order valence-corrected chi connectivity index (χ4v) is 2.49. The third kappa shape index (κ3) is 2.35. The molecule has 1 atom stereocenters. The number of halogens is 3. The van der Waals surface area contributed by atoms with E-state index in [4.69, 9.17) is 5.73 Å². The van der Waals surface area contributed by atoms with Gasteiger partial charge in [-0.05, 0) is 33.2 Å². The summed E-state index contributed by atoms with van der Waals surface area (Å²) in [5.41, 5.74) is 6.15. The van der Waals surface area contributed by atoms with Crippen LogP contribution in [0.2, 0.25) is 0 Å². The standard InChI is InChI=1S/C16H13F2N.ClH/c17-16(18)15(19)14-9-10-5-1-2-6-11(10)12-7-3-4-8-13(12)14;/h1-9,15-16H,19H2;1H/t15-;/m0./s1. The molecule has 0 amide bonds. The Kier molecular flexibility index (Phi) is 4.21. The van der Waals surface area contributed by atoms with Crippen LogP contribution >= 0.6 is 12.4 Å². The minimum absolute atomic E-state index is 0. The Morgan fingerprint density at radius 1 is 0.800 bits per heavy atom. The van der Waals surface area contributed by atoms with Gasteiger partial charge in [0.25, 0.3) is 6.43 Å². The second kappa shape index (κ2) is 5.73. The lowest BCUT2D eigenvalue weighted by Gasteiger charge is -2.16. The quantitative estimate of drug-likeness (QED) is 0.682. The van der Waals surface area contributed by atoms with Gasteiger partial charge in [0.1, 0.15) is 0 Å². The second-order valence-corrected chi connectivity index (χ2v) is 4.59. The van der Waals surface area contributed by atoms with Gasteiger partial charge in [-0.3, -0.25) is 0 Å². The van der Waals surface area contributed by atoms with Crippen molar-refractivity contribution in [1.29, 1.82) is 0 Å². The first-order valence-electron chi connectivity index (χ1n) is 6.12. The molecule has 0 spiro atoms. The molecule has 0 aliphatic rings. The fourth-order valence-electron chi connectivity index (χ4n) is 2.49. The van der Waals surface area contributed by atoms with E-state index in [9.17, 15) is 8.78 Å². The maximum atomic E-state index is 12.9. The third-order valence-corrected chi connectivity index (χ3v) is 3.43. The Bertz CT molecular complexity index is 743. The molecular weight excluding hydrogens is 280 g/mol. The Hall–Kier alpha value is -1.71. The van der Waals surface area contributed by atoms with Crippen LogP contribution in [0.1, 0.15) is 11.6 Å². The van der Waals surface area contributed by atoms with E-state index in [1.54, 1.807) is 6.07 Å². The van der Waals surface area contributed by atoms with Crippen LogP contribution in [0.5, 0.6) is 0 Å². The summed E-state index contributed by atoms with van der Waals surface area (Å²) in [4.78, 5) is 0. The van der Waals surface area contributed by atoms with Crippen molar-refractivity contribution < 1.29 is 8.78 Å². The van der Waals surface area contributed by atoms with E-state index in [-0.39, 0.29) is 12.4 Å². The first-order chi connectivity index (χ1) is 9.18. The minimum Gasteiger partial charge on any atom is -0.319 e. The molecule has 0 saturated heterocycles. The number of benzene rings is 3. The van der Waals surface area contributed by atoms with Crippen molar-refractivity contribution in [1.82, 2.24) is 0 Å². The predicted octanol–water partition coefficient (Wildman–Crippen LogP) is 4.68. The highest BCUT2D eigenvalue weighted by atomic mass is 35.5.